The molecular weight excluding hydrogens is 490 g/mol. The minimum Gasteiger partial charge on any atom is -0.493 e. The second-order valence-electron chi connectivity index (χ2n) is 9.91. The molecule has 3 atom stereocenters. The normalized spacial score (nSPS) is 23.2. The largest absolute Gasteiger partial charge is 0.493 e. The minimum atomic E-state index is -1.20. The molecule has 0 aromatic heterocycles. The van der Waals surface area contributed by atoms with E-state index >= 15 is 0 Å². The maximum Gasteiger partial charge on any atom is 0.255 e. The highest BCUT2D eigenvalue weighted by atomic mass is 16.5. The summed E-state index contributed by atoms with van der Waals surface area (Å²) in [7, 11) is 0. The van der Waals surface area contributed by atoms with Crippen molar-refractivity contribution in [2.45, 2.75) is 70.1 Å². The number of para-hydroxylation sites is 1. The van der Waals surface area contributed by atoms with Gasteiger partial charge in [-0.15, -0.1) is 0 Å². The highest BCUT2D eigenvalue weighted by Crippen LogP contribution is 2.18. The predicted octanol–water partition coefficient (Wildman–Crippen LogP) is 0.322. The number of nitrogens with one attached hydrogen (secondary N) is 4. The van der Waals surface area contributed by atoms with E-state index in [1.54, 1.807) is 24.3 Å². The van der Waals surface area contributed by atoms with Crippen molar-refractivity contribution in [3.05, 3.63) is 29.8 Å². The summed E-state index contributed by atoms with van der Waals surface area (Å²) in [4.78, 5) is 54.0. The third-order valence-corrected chi connectivity index (χ3v) is 6.75. The van der Waals surface area contributed by atoms with Crippen molar-refractivity contribution >= 4 is 23.6 Å². The van der Waals surface area contributed by atoms with Crippen molar-refractivity contribution in [1.29, 1.82) is 0 Å². The maximum atomic E-state index is 13.1. The predicted molar refractivity (Wildman–Crippen MR) is 142 cm³/mol. The quantitative estimate of drug-likeness (QED) is 0.332. The molecule has 5 N–H and O–H groups in total. The van der Waals surface area contributed by atoms with Gasteiger partial charge in [0.1, 0.15) is 17.8 Å². The lowest BCUT2D eigenvalue weighted by Gasteiger charge is -2.23. The van der Waals surface area contributed by atoms with Crippen LogP contribution in [-0.2, 0) is 14.4 Å². The van der Waals surface area contributed by atoms with Gasteiger partial charge >= 0.3 is 0 Å². The molecule has 0 bridgehead atoms. The molecule has 0 spiro atoms. The van der Waals surface area contributed by atoms with Gasteiger partial charge in [-0.3, -0.25) is 19.2 Å². The van der Waals surface area contributed by atoms with Crippen molar-refractivity contribution in [3.63, 3.8) is 0 Å². The summed E-state index contributed by atoms with van der Waals surface area (Å²) in [6.45, 7) is 5.29. The lowest BCUT2D eigenvalue weighted by atomic mass is 10.1. The molecule has 1 aromatic rings. The molecule has 0 unspecified atom stereocenters. The summed E-state index contributed by atoms with van der Waals surface area (Å²) in [5, 5.41) is 20.7. The van der Waals surface area contributed by atoms with Gasteiger partial charge in [-0.1, -0.05) is 25.0 Å². The summed E-state index contributed by atoms with van der Waals surface area (Å²) in [5.74, 6) is -1.88. The first kappa shape index (κ1) is 29.4. The van der Waals surface area contributed by atoms with Gasteiger partial charge in [0.25, 0.3) is 5.91 Å². The summed E-state index contributed by atoms with van der Waals surface area (Å²) >= 11 is 0. The molecule has 0 aliphatic carbocycles. The molecule has 1 aromatic carbocycles. The number of hydrogen-bond acceptors (Lipinski definition) is 7. The van der Waals surface area contributed by atoms with Crippen LogP contribution in [0.25, 0.3) is 0 Å². The van der Waals surface area contributed by atoms with Crippen LogP contribution in [0.1, 0.15) is 62.2 Å². The molecule has 2 heterocycles. The molecular formula is C27H41N5O6. The van der Waals surface area contributed by atoms with E-state index < -0.39 is 48.2 Å². The van der Waals surface area contributed by atoms with Crippen molar-refractivity contribution in [2.75, 3.05) is 39.3 Å². The van der Waals surface area contributed by atoms with Crippen LogP contribution in [0.15, 0.2) is 24.3 Å². The van der Waals surface area contributed by atoms with Crippen LogP contribution in [-0.4, -0.2) is 91.2 Å². The number of rotatable bonds is 6. The molecule has 11 heteroatoms. The molecule has 2 aliphatic rings. The van der Waals surface area contributed by atoms with E-state index in [9.17, 15) is 24.3 Å². The van der Waals surface area contributed by atoms with E-state index in [-0.39, 0.29) is 18.7 Å². The number of hydrogen-bond donors (Lipinski definition) is 5. The second kappa shape index (κ2) is 15.3. The molecule has 0 saturated carbocycles. The van der Waals surface area contributed by atoms with Crippen LogP contribution >= 0.6 is 0 Å². The van der Waals surface area contributed by atoms with Crippen molar-refractivity contribution in [1.82, 2.24) is 26.2 Å². The van der Waals surface area contributed by atoms with Crippen molar-refractivity contribution in [3.8, 4) is 5.75 Å². The average Bonchev–Trinajstić information content (AvgIpc) is 3.17. The third-order valence-electron chi connectivity index (χ3n) is 6.75. The topological polar surface area (TPSA) is 149 Å². The molecule has 4 amide bonds. The molecule has 3 rings (SSSR count). The highest BCUT2D eigenvalue weighted by Gasteiger charge is 2.30. The SMILES string of the molecule is C[C@@H](O)[C@@H]1NC(=O)C[C@@H](C(=O)NCCCN2CCCCCC2)NC(=O)c2ccccc2OCCCNC1=O. The maximum absolute atomic E-state index is 13.1. The van der Waals surface area contributed by atoms with Gasteiger partial charge in [0.2, 0.25) is 17.7 Å². The first-order valence-electron chi connectivity index (χ1n) is 13.6. The van der Waals surface area contributed by atoms with Crippen molar-refractivity contribution < 1.29 is 29.0 Å². The summed E-state index contributed by atoms with van der Waals surface area (Å²) in [6, 6.07) is 4.28. The van der Waals surface area contributed by atoms with Gasteiger partial charge in [-0.2, -0.15) is 0 Å². The number of carbonyl (C=O) groups is 4. The number of carbonyl (C=O) groups excluding carboxylic acids is 4. The second-order valence-corrected chi connectivity index (χ2v) is 9.91. The standard InChI is InChI=1S/C27H41N5O6/c1-19(33)24-27(37)29-13-9-17-38-22-11-5-4-10-20(22)25(35)30-21(18-23(34)31-24)26(36)28-12-8-16-32-14-6-2-3-7-15-32/h4-5,10-11,19,21,24,33H,2-3,6-9,12-18H2,1H3,(H,28,36)(H,29,37)(H,30,35)(H,31,34)/t19-,21+,24+/m1/s1. The fraction of sp³-hybridized carbons (Fsp3) is 0.630. The minimum absolute atomic E-state index is 0.233. The Morgan fingerprint density at radius 3 is 2.58 bits per heavy atom. The molecule has 1 saturated heterocycles. The Balaban J connectivity index is 1.70. The third kappa shape index (κ3) is 9.29. The van der Waals surface area contributed by atoms with Crippen LogP contribution in [0, 0.1) is 0 Å². The van der Waals surface area contributed by atoms with Crippen molar-refractivity contribution in [2.24, 2.45) is 0 Å². The molecule has 210 valence electrons. The fourth-order valence-corrected chi connectivity index (χ4v) is 4.62. The highest BCUT2D eigenvalue weighted by molar-refractivity contribution is 6.01. The number of fused-ring (bicyclic) bond motifs is 1. The van der Waals surface area contributed by atoms with Crippen LogP contribution < -0.4 is 26.0 Å². The number of nitrogens with zero attached hydrogens (tertiary/aromatic N) is 1. The number of ether oxygens (including phenoxy) is 1. The molecule has 0 radical (unpaired) electrons. The zero-order valence-corrected chi connectivity index (χ0v) is 22.2. The van der Waals surface area contributed by atoms with E-state index in [4.69, 9.17) is 4.74 Å². The van der Waals surface area contributed by atoms with Crippen LogP contribution in [0.4, 0.5) is 0 Å². The van der Waals surface area contributed by atoms with Gasteiger partial charge in [-0.25, -0.2) is 0 Å². The first-order chi connectivity index (χ1) is 18.3. The molecule has 2 aliphatic heterocycles. The summed E-state index contributed by atoms with van der Waals surface area (Å²) in [6.07, 6.45) is 4.52. The van der Waals surface area contributed by atoms with Gasteiger partial charge in [0.15, 0.2) is 0 Å². The lowest BCUT2D eigenvalue weighted by Crippen LogP contribution is -2.55. The zero-order valence-electron chi connectivity index (χ0n) is 22.2. The average molecular weight is 532 g/mol. The van der Waals surface area contributed by atoms with Gasteiger partial charge < -0.3 is 36.0 Å². The number of amides is 4. The Morgan fingerprint density at radius 2 is 1.84 bits per heavy atom. The Bertz CT molecular complexity index is 948. The number of benzene rings is 1. The molecule has 11 nitrogen and oxygen atoms in total. The first-order valence-corrected chi connectivity index (χ1v) is 13.6. The number of aliphatic hydroxyl groups excluding tert-OH is 1. The van der Waals surface area contributed by atoms with Gasteiger partial charge in [-0.05, 0) is 64.4 Å². The van der Waals surface area contributed by atoms with E-state index in [0.717, 1.165) is 26.1 Å². The fourth-order valence-electron chi connectivity index (χ4n) is 4.62. The Labute approximate surface area is 224 Å². The Kier molecular flexibility index (Phi) is 11.8. The zero-order chi connectivity index (χ0) is 27.3. The van der Waals surface area contributed by atoms with E-state index in [0.29, 0.717) is 18.7 Å². The summed E-state index contributed by atoms with van der Waals surface area (Å²) in [5.41, 5.74) is 0.243. The number of likely N-dealkylation sites (tertiary alicyclic amines) is 1. The van der Waals surface area contributed by atoms with E-state index in [1.807, 2.05) is 0 Å². The Morgan fingerprint density at radius 1 is 1.11 bits per heavy atom. The van der Waals surface area contributed by atoms with Crippen LogP contribution in [0.3, 0.4) is 0 Å². The molecule has 38 heavy (non-hydrogen) atoms. The number of aliphatic hydroxyl groups is 1. The smallest absolute Gasteiger partial charge is 0.255 e. The van der Waals surface area contributed by atoms with Gasteiger partial charge in [0, 0.05) is 13.1 Å². The van der Waals surface area contributed by atoms with Crippen LogP contribution in [0.2, 0.25) is 0 Å². The monoisotopic (exact) mass is 531 g/mol. The van der Waals surface area contributed by atoms with Gasteiger partial charge in [0.05, 0.1) is 24.7 Å². The van der Waals surface area contributed by atoms with E-state index in [2.05, 4.69) is 26.2 Å². The Hall–Kier alpha value is -3.18. The molecule has 1 fully saturated rings. The lowest BCUT2D eigenvalue weighted by molar-refractivity contribution is -0.133. The summed E-state index contributed by atoms with van der Waals surface area (Å²) < 4.78 is 5.76. The van der Waals surface area contributed by atoms with Crippen LogP contribution in [0.5, 0.6) is 5.75 Å². The van der Waals surface area contributed by atoms with E-state index in [1.165, 1.54) is 32.6 Å².